The van der Waals surface area contributed by atoms with Crippen LogP contribution in [0.4, 0.5) is 11.4 Å². The quantitative estimate of drug-likeness (QED) is 0.616. The number of hydrogen-bond donors (Lipinski definition) is 1. The maximum absolute atomic E-state index is 12.8. The lowest BCUT2D eigenvalue weighted by atomic mass is 10.3. The van der Waals surface area contributed by atoms with Crippen LogP contribution < -0.4 is 4.31 Å². The Morgan fingerprint density at radius 3 is 2.33 bits per heavy atom. The fraction of sp³-hybridized carbons (Fsp3) is 0.0714. The summed E-state index contributed by atoms with van der Waals surface area (Å²) in [6.45, 7) is -0.932. The summed E-state index contributed by atoms with van der Waals surface area (Å²) in [5, 5.41) is 20.1. The second kappa shape index (κ2) is 6.85. The van der Waals surface area contributed by atoms with Crippen LogP contribution in [0.15, 0.2) is 53.4 Å². The number of nitro groups is 1. The number of halogens is 1. The molecule has 0 radical (unpaired) electrons. The van der Waals surface area contributed by atoms with E-state index in [0.29, 0.717) is 4.31 Å². The number of carboxylic acid groups (broad SMARTS) is 1. The molecule has 0 aliphatic carbocycles. The maximum Gasteiger partial charge on any atom is 0.324 e. The molecule has 10 heteroatoms. The van der Waals surface area contributed by atoms with Crippen molar-refractivity contribution in [1.29, 1.82) is 0 Å². The molecular formula is C14H11ClN2O6S. The third-order valence-corrected chi connectivity index (χ3v) is 5.16. The summed E-state index contributed by atoms with van der Waals surface area (Å²) in [7, 11) is -4.52. The van der Waals surface area contributed by atoms with Crippen molar-refractivity contribution in [2.24, 2.45) is 0 Å². The monoisotopic (exact) mass is 370 g/mol. The predicted octanol–water partition coefficient (Wildman–Crippen LogP) is 2.53. The van der Waals surface area contributed by atoms with Gasteiger partial charge in [-0.25, -0.2) is 8.42 Å². The maximum atomic E-state index is 12.8. The van der Waals surface area contributed by atoms with Crippen molar-refractivity contribution in [1.82, 2.24) is 0 Å². The minimum absolute atomic E-state index is 0.000842. The number of carboxylic acids is 1. The number of aliphatic carboxylic acids is 1. The average molecular weight is 371 g/mol. The van der Waals surface area contributed by atoms with E-state index in [2.05, 4.69) is 0 Å². The molecule has 2 aromatic carbocycles. The first kappa shape index (κ1) is 17.7. The van der Waals surface area contributed by atoms with E-state index in [-0.39, 0.29) is 10.7 Å². The van der Waals surface area contributed by atoms with E-state index in [4.69, 9.17) is 16.7 Å². The van der Waals surface area contributed by atoms with E-state index in [0.717, 1.165) is 12.1 Å². The number of para-hydroxylation sites is 2. The van der Waals surface area contributed by atoms with Gasteiger partial charge in [0.05, 0.1) is 15.6 Å². The van der Waals surface area contributed by atoms with Gasteiger partial charge in [-0.05, 0) is 18.2 Å². The van der Waals surface area contributed by atoms with Crippen LogP contribution >= 0.6 is 11.6 Å². The topological polar surface area (TPSA) is 118 Å². The summed E-state index contributed by atoms with van der Waals surface area (Å²) < 4.78 is 26.2. The highest BCUT2D eigenvalue weighted by Gasteiger charge is 2.33. The van der Waals surface area contributed by atoms with E-state index in [9.17, 15) is 23.3 Å². The molecule has 0 atom stereocenters. The highest BCUT2D eigenvalue weighted by molar-refractivity contribution is 7.93. The summed E-state index contributed by atoms with van der Waals surface area (Å²) in [4.78, 5) is 20.7. The van der Waals surface area contributed by atoms with Gasteiger partial charge in [-0.1, -0.05) is 35.9 Å². The first-order chi connectivity index (χ1) is 11.2. The van der Waals surface area contributed by atoms with Crippen molar-refractivity contribution in [2.45, 2.75) is 4.90 Å². The van der Waals surface area contributed by atoms with Crippen LogP contribution in [-0.4, -0.2) is 31.0 Å². The lowest BCUT2D eigenvalue weighted by molar-refractivity contribution is -0.387. The minimum Gasteiger partial charge on any atom is -0.480 e. The summed E-state index contributed by atoms with van der Waals surface area (Å²) >= 11 is 5.97. The Kier molecular flexibility index (Phi) is 5.05. The van der Waals surface area contributed by atoms with E-state index < -0.39 is 38.0 Å². The first-order valence-corrected chi connectivity index (χ1v) is 8.29. The molecule has 0 spiro atoms. The third-order valence-electron chi connectivity index (χ3n) is 3.03. The lowest BCUT2D eigenvalue weighted by Crippen LogP contribution is -2.36. The highest BCUT2D eigenvalue weighted by atomic mass is 35.5. The minimum atomic E-state index is -4.52. The van der Waals surface area contributed by atoms with Gasteiger partial charge in [0.2, 0.25) is 0 Å². The van der Waals surface area contributed by atoms with Gasteiger partial charge in [-0.15, -0.1) is 0 Å². The van der Waals surface area contributed by atoms with Crippen LogP contribution in [0.1, 0.15) is 0 Å². The van der Waals surface area contributed by atoms with Crippen LogP contribution in [0.3, 0.4) is 0 Å². The van der Waals surface area contributed by atoms with Crippen LogP contribution in [0, 0.1) is 10.1 Å². The molecular weight excluding hydrogens is 360 g/mol. The zero-order chi connectivity index (χ0) is 17.9. The number of nitro benzene ring substituents is 1. The Morgan fingerprint density at radius 2 is 1.75 bits per heavy atom. The Labute approximate surface area is 142 Å². The SMILES string of the molecule is O=C(O)CN(c1ccccc1Cl)S(=O)(=O)c1ccccc1[N+](=O)[O-]. The van der Waals surface area contributed by atoms with Gasteiger partial charge in [0.25, 0.3) is 15.7 Å². The number of anilines is 1. The predicted molar refractivity (Wildman–Crippen MR) is 86.7 cm³/mol. The third kappa shape index (κ3) is 3.47. The highest BCUT2D eigenvalue weighted by Crippen LogP contribution is 2.33. The zero-order valence-electron chi connectivity index (χ0n) is 12.0. The summed E-state index contributed by atoms with van der Waals surface area (Å²) in [6, 6.07) is 10.4. The molecule has 0 unspecified atom stereocenters. The molecule has 126 valence electrons. The number of rotatable bonds is 6. The standard InChI is InChI=1S/C14H11ClN2O6S/c15-10-5-1-2-6-11(10)16(9-14(18)19)24(22,23)13-8-4-3-7-12(13)17(20)21/h1-8H,9H2,(H,18,19). The van der Waals surface area contributed by atoms with E-state index in [1.807, 2.05) is 0 Å². The van der Waals surface area contributed by atoms with Crippen molar-refractivity contribution in [3.05, 3.63) is 63.7 Å². The fourth-order valence-electron chi connectivity index (χ4n) is 2.02. The first-order valence-electron chi connectivity index (χ1n) is 6.47. The van der Waals surface area contributed by atoms with Crippen LogP contribution in [0.5, 0.6) is 0 Å². The van der Waals surface area contributed by atoms with Crippen LogP contribution in [0.2, 0.25) is 5.02 Å². The van der Waals surface area contributed by atoms with Gasteiger partial charge in [0, 0.05) is 6.07 Å². The summed E-state index contributed by atoms with van der Waals surface area (Å²) in [6.07, 6.45) is 0. The molecule has 0 saturated heterocycles. The normalized spacial score (nSPS) is 11.0. The second-order valence-corrected chi connectivity index (χ2v) is 6.82. The second-order valence-electron chi connectivity index (χ2n) is 4.58. The molecule has 0 bridgehead atoms. The van der Waals surface area contributed by atoms with Gasteiger partial charge >= 0.3 is 5.97 Å². The van der Waals surface area contributed by atoms with Gasteiger partial charge in [0.1, 0.15) is 6.54 Å². The number of nitrogens with zero attached hydrogens (tertiary/aromatic N) is 2. The number of benzene rings is 2. The Hall–Kier alpha value is -2.65. The van der Waals surface area contributed by atoms with Gasteiger partial charge in [-0.3, -0.25) is 19.2 Å². The van der Waals surface area contributed by atoms with Crippen molar-refractivity contribution in [2.75, 3.05) is 10.8 Å². The Morgan fingerprint density at radius 1 is 1.17 bits per heavy atom. The molecule has 2 aromatic rings. The molecule has 0 aromatic heterocycles. The average Bonchev–Trinajstić information content (AvgIpc) is 2.53. The number of carbonyl (C=O) groups is 1. The number of hydrogen-bond acceptors (Lipinski definition) is 5. The zero-order valence-corrected chi connectivity index (χ0v) is 13.6. The summed E-state index contributed by atoms with van der Waals surface area (Å²) in [5.41, 5.74) is -0.736. The molecule has 0 saturated carbocycles. The van der Waals surface area contributed by atoms with E-state index in [1.54, 1.807) is 6.07 Å². The molecule has 24 heavy (non-hydrogen) atoms. The molecule has 1 N–H and O–H groups in total. The largest absolute Gasteiger partial charge is 0.480 e. The van der Waals surface area contributed by atoms with Gasteiger partial charge in [0.15, 0.2) is 4.90 Å². The molecule has 0 aliphatic rings. The molecule has 0 heterocycles. The molecule has 0 aliphatic heterocycles. The van der Waals surface area contributed by atoms with Crippen molar-refractivity contribution >= 4 is 39.0 Å². The summed E-state index contributed by atoms with van der Waals surface area (Å²) in [5.74, 6) is -1.43. The number of sulfonamides is 1. The van der Waals surface area contributed by atoms with Gasteiger partial charge < -0.3 is 5.11 Å². The Balaban J connectivity index is 2.68. The van der Waals surface area contributed by atoms with Crippen LogP contribution in [-0.2, 0) is 14.8 Å². The van der Waals surface area contributed by atoms with E-state index >= 15 is 0 Å². The van der Waals surface area contributed by atoms with Crippen LogP contribution in [0.25, 0.3) is 0 Å². The van der Waals surface area contributed by atoms with Gasteiger partial charge in [-0.2, -0.15) is 0 Å². The Bertz CT molecular complexity index is 900. The molecule has 8 nitrogen and oxygen atoms in total. The molecule has 0 amide bonds. The smallest absolute Gasteiger partial charge is 0.324 e. The van der Waals surface area contributed by atoms with Crippen molar-refractivity contribution in [3.63, 3.8) is 0 Å². The van der Waals surface area contributed by atoms with Crippen molar-refractivity contribution < 1.29 is 23.2 Å². The fourth-order valence-corrected chi connectivity index (χ4v) is 3.90. The molecule has 2 rings (SSSR count). The van der Waals surface area contributed by atoms with Crippen molar-refractivity contribution in [3.8, 4) is 0 Å². The lowest BCUT2D eigenvalue weighted by Gasteiger charge is -2.23. The molecule has 0 fully saturated rings. The van der Waals surface area contributed by atoms with E-state index in [1.165, 1.54) is 30.3 Å².